The summed E-state index contributed by atoms with van der Waals surface area (Å²) in [5.74, 6) is 1.71. The fraction of sp³-hybridized carbons (Fsp3) is 0.417. The van der Waals surface area contributed by atoms with Gasteiger partial charge in [0.25, 0.3) is 0 Å². The molecular formula is C24H34O3. The van der Waals surface area contributed by atoms with Crippen molar-refractivity contribution in [1.29, 1.82) is 0 Å². The normalized spacial score (nSPS) is 11.6. The Hall–Kier alpha value is -2.26. The Morgan fingerprint density at radius 3 is 2.22 bits per heavy atom. The average molecular weight is 371 g/mol. The van der Waals surface area contributed by atoms with E-state index in [4.69, 9.17) is 14.2 Å². The van der Waals surface area contributed by atoms with Crippen LogP contribution in [0.15, 0.2) is 67.0 Å². The number of hydrogen-bond donors (Lipinski definition) is 0. The smallest absolute Gasteiger partial charge is 0.119 e. The Bertz CT molecular complexity index is 624. The van der Waals surface area contributed by atoms with Gasteiger partial charge in [0, 0.05) is 6.61 Å². The van der Waals surface area contributed by atoms with E-state index in [0.29, 0.717) is 6.61 Å². The van der Waals surface area contributed by atoms with Crippen LogP contribution in [0.25, 0.3) is 5.57 Å². The highest BCUT2D eigenvalue weighted by Gasteiger charge is 1.99. The first-order valence-electron chi connectivity index (χ1n) is 9.59. The van der Waals surface area contributed by atoms with Gasteiger partial charge in [-0.05, 0) is 68.5 Å². The Kier molecular flexibility index (Phi) is 11.7. The maximum atomic E-state index is 5.81. The third kappa shape index (κ3) is 10.5. The molecule has 0 saturated heterocycles. The van der Waals surface area contributed by atoms with Crippen molar-refractivity contribution in [2.75, 3.05) is 26.9 Å². The average Bonchev–Trinajstić information content (AvgIpc) is 2.67. The van der Waals surface area contributed by atoms with E-state index in [1.165, 1.54) is 6.42 Å². The predicted molar refractivity (Wildman–Crippen MR) is 115 cm³/mol. The first kappa shape index (κ1) is 22.8. The summed E-state index contributed by atoms with van der Waals surface area (Å²) in [6.45, 7) is 14.1. The molecule has 0 heterocycles. The highest BCUT2D eigenvalue weighted by Crippen LogP contribution is 2.19. The second-order valence-corrected chi connectivity index (χ2v) is 6.55. The minimum absolute atomic E-state index is 0.671. The predicted octanol–water partition coefficient (Wildman–Crippen LogP) is 6.34. The zero-order valence-electron chi connectivity index (χ0n) is 17.1. The maximum absolute atomic E-state index is 5.81. The number of benzene rings is 1. The summed E-state index contributed by atoms with van der Waals surface area (Å²) >= 11 is 0. The maximum Gasteiger partial charge on any atom is 0.119 e. The lowest BCUT2D eigenvalue weighted by Gasteiger charge is -2.08. The summed E-state index contributed by atoms with van der Waals surface area (Å²) in [5.41, 5.74) is 3.08. The van der Waals surface area contributed by atoms with Gasteiger partial charge < -0.3 is 14.2 Å². The molecule has 1 aromatic rings. The van der Waals surface area contributed by atoms with Gasteiger partial charge in [0.15, 0.2) is 0 Å². The number of hydrogen-bond acceptors (Lipinski definition) is 3. The van der Waals surface area contributed by atoms with E-state index < -0.39 is 0 Å². The lowest BCUT2D eigenvalue weighted by Crippen LogP contribution is -1.99. The van der Waals surface area contributed by atoms with Crippen molar-refractivity contribution in [3.8, 4) is 5.75 Å². The molecule has 0 aromatic heterocycles. The van der Waals surface area contributed by atoms with Gasteiger partial charge in [-0.3, -0.25) is 0 Å². The molecule has 27 heavy (non-hydrogen) atoms. The lowest BCUT2D eigenvalue weighted by atomic mass is 10.1. The molecule has 0 unspecified atom stereocenters. The summed E-state index contributed by atoms with van der Waals surface area (Å²) in [4.78, 5) is 0. The molecule has 1 rings (SSSR count). The van der Waals surface area contributed by atoms with Crippen LogP contribution in [0.2, 0.25) is 0 Å². The highest BCUT2D eigenvalue weighted by atomic mass is 16.5. The van der Waals surface area contributed by atoms with Crippen LogP contribution < -0.4 is 4.74 Å². The standard InChI is InChI=1S/C24H34O3/c1-6-23(25-5)14-11-21(4)22-12-15-24(16-13-22)27-18-10-8-7-9-17-26-19-20(2)3/h6,11-16H,2,4,7-10,17-19H2,1,3,5H3/b14-11-,23-6+. The van der Waals surface area contributed by atoms with E-state index in [1.54, 1.807) is 7.11 Å². The van der Waals surface area contributed by atoms with Gasteiger partial charge >= 0.3 is 0 Å². The largest absolute Gasteiger partial charge is 0.497 e. The molecule has 0 saturated carbocycles. The van der Waals surface area contributed by atoms with Crippen LogP contribution in [0.3, 0.4) is 0 Å². The van der Waals surface area contributed by atoms with E-state index in [-0.39, 0.29) is 0 Å². The molecule has 1 aromatic carbocycles. The molecule has 0 amide bonds. The minimum Gasteiger partial charge on any atom is -0.497 e. The SMILES string of the molecule is C=C(C)COCCCCCCOc1ccc(C(=C)/C=C\C(=C/C)OC)cc1. The first-order chi connectivity index (χ1) is 13.1. The Labute approximate surface area is 165 Å². The summed E-state index contributed by atoms with van der Waals surface area (Å²) in [6, 6.07) is 8.05. The summed E-state index contributed by atoms with van der Waals surface area (Å²) in [6.07, 6.45) is 10.3. The van der Waals surface area contributed by atoms with Crippen LogP contribution in [0.1, 0.15) is 45.1 Å². The molecule has 0 aliphatic carbocycles. The number of unbranched alkanes of at least 4 members (excludes halogenated alkanes) is 3. The minimum atomic E-state index is 0.671. The summed E-state index contributed by atoms with van der Waals surface area (Å²) < 4.78 is 16.5. The summed E-state index contributed by atoms with van der Waals surface area (Å²) in [5, 5.41) is 0. The van der Waals surface area contributed by atoms with Gasteiger partial charge in [-0.15, -0.1) is 0 Å². The van der Waals surface area contributed by atoms with E-state index in [0.717, 1.165) is 60.7 Å². The summed E-state index contributed by atoms with van der Waals surface area (Å²) in [7, 11) is 1.66. The molecule has 3 nitrogen and oxygen atoms in total. The monoisotopic (exact) mass is 370 g/mol. The van der Waals surface area contributed by atoms with Crippen LogP contribution in [0.4, 0.5) is 0 Å². The van der Waals surface area contributed by atoms with Crippen LogP contribution in [-0.4, -0.2) is 26.9 Å². The Morgan fingerprint density at radius 2 is 1.63 bits per heavy atom. The molecule has 3 heteroatoms. The number of methoxy groups -OCH3 is 1. The van der Waals surface area contributed by atoms with Gasteiger partial charge in [0.1, 0.15) is 11.5 Å². The van der Waals surface area contributed by atoms with E-state index in [2.05, 4.69) is 13.2 Å². The molecule has 0 aliphatic rings. The molecule has 0 spiro atoms. The number of ether oxygens (including phenoxy) is 3. The van der Waals surface area contributed by atoms with E-state index in [1.807, 2.05) is 56.3 Å². The second-order valence-electron chi connectivity index (χ2n) is 6.55. The van der Waals surface area contributed by atoms with Crippen molar-refractivity contribution < 1.29 is 14.2 Å². The van der Waals surface area contributed by atoms with E-state index >= 15 is 0 Å². The van der Waals surface area contributed by atoms with Crippen molar-refractivity contribution in [2.24, 2.45) is 0 Å². The van der Waals surface area contributed by atoms with Crippen molar-refractivity contribution in [1.82, 2.24) is 0 Å². The second kappa shape index (κ2) is 13.9. The van der Waals surface area contributed by atoms with Crippen LogP contribution in [-0.2, 0) is 9.47 Å². The molecule has 0 bridgehead atoms. The van der Waals surface area contributed by atoms with Gasteiger partial charge in [-0.25, -0.2) is 0 Å². The van der Waals surface area contributed by atoms with Crippen LogP contribution in [0, 0.1) is 0 Å². The fourth-order valence-electron chi connectivity index (χ4n) is 2.42. The number of allylic oxidation sites excluding steroid dienone is 4. The lowest BCUT2D eigenvalue weighted by molar-refractivity contribution is 0.151. The van der Waals surface area contributed by atoms with Crippen molar-refractivity contribution >= 4 is 5.57 Å². The highest BCUT2D eigenvalue weighted by molar-refractivity contribution is 5.72. The molecule has 0 N–H and O–H groups in total. The van der Waals surface area contributed by atoms with Crippen molar-refractivity contribution in [3.05, 3.63) is 72.5 Å². The zero-order chi connectivity index (χ0) is 19.9. The van der Waals surface area contributed by atoms with Crippen molar-refractivity contribution in [2.45, 2.75) is 39.5 Å². The van der Waals surface area contributed by atoms with Gasteiger partial charge in [-0.2, -0.15) is 0 Å². The Balaban J connectivity index is 2.23. The molecule has 0 radical (unpaired) electrons. The fourth-order valence-corrected chi connectivity index (χ4v) is 2.42. The molecule has 0 aliphatic heterocycles. The molecule has 0 atom stereocenters. The van der Waals surface area contributed by atoms with Gasteiger partial charge in [0.05, 0.1) is 20.3 Å². The first-order valence-corrected chi connectivity index (χ1v) is 9.59. The quantitative estimate of drug-likeness (QED) is 0.165. The van der Waals surface area contributed by atoms with Crippen LogP contribution >= 0.6 is 0 Å². The van der Waals surface area contributed by atoms with Crippen molar-refractivity contribution in [3.63, 3.8) is 0 Å². The van der Waals surface area contributed by atoms with Crippen LogP contribution in [0.5, 0.6) is 5.75 Å². The molecule has 148 valence electrons. The van der Waals surface area contributed by atoms with Gasteiger partial charge in [-0.1, -0.05) is 43.4 Å². The third-order valence-corrected chi connectivity index (χ3v) is 3.99. The zero-order valence-corrected chi connectivity index (χ0v) is 17.1. The van der Waals surface area contributed by atoms with Gasteiger partial charge in [0.2, 0.25) is 0 Å². The molecular weight excluding hydrogens is 336 g/mol. The van der Waals surface area contributed by atoms with E-state index in [9.17, 15) is 0 Å². The Morgan fingerprint density at radius 1 is 0.963 bits per heavy atom. The third-order valence-electron chi connectivity index (χ3n) is 3.99. The topological polar surface area (TPSA) is 27.7 Å². The molecule has 0 fully saturated rings. The number of rotatable bonds is 14.